The van der Waals surface area contributed by atoms with Gasteiger partial charge >= 0.3 is 0 Å². The van der Waals surface area contributed by atoms with Crippen LogP contribution in [-0.2, 0) is 6.42 Å². The maximum Gasteiger partial charge on any atom is 0.179 e. The number of rotatable bonds is 2. The van der Waals surface area contributed by atoms with Crippen LogP contribution in [0.15, 0.2) is 21.4 Å². The molecule has 5 nitrogen and oxygen atoms in total. The molecular weight excluding hydrogens is 224 g/mol. The average Bonchev–Trinajstić information content (AvgIpc) is 2.63. The molecule has 0 spiro atoms. The van der Waals surface area contributed by atoms with Gasteiger partial charge in [0, 0.05) is 6.42 Å². The Morgan fingerprint density at radius 3 is 3.08 bits per heavy atom. The predicted molar refractivity (Wildman–Crippen MR) is 43.4 cm³/mol. The van der Waals surface area contributed by atoms with Crippen molar-refractivity contribution >= 4 is 15.9 Å². The van der Waals surface area contributed by atoms with E-state index in [-0.39, 0.29) is 0 Å². The highest BCUT2D eigenvalue weighted by atomic mass is 79.9. The molecule has 0 saturated heterocycles. The van der Waals surface area contributed by atoms with Gasteiger partial charge in [0.2, 0.25) is 0 Å². The maximum absolute atomic E-state index is 5.04. The summed E-state index contributed by atoms with van der Waals surface area (Å²) in [6.07, 6.45) is 2.28. The molecular formula is C6H5BrN4O. The predicted octanol–water partition coefficient (Wildman–Crippen LogP) is 1.15. The van der Waals surface area contributed by atoms with Crippen LogP contribution in [0.4, 0.5) is 0 Å². The Balaban J connectivity index is 2.14. The van der Waals surface area contributed by atoms with E-state index >= 15 is 0 Å². The zero-order valence-electron chi connectivity index (χ0n) is 5.99. The first kappa shape index (κ1) is 7.48. The summed E-state index contributed by atoms with van der Waals surface area (Å²) < 4.78 is 5.75. The highest BCUT2D eigenvalue weighted by Crippen LogP contribution is 2.15. The Labute approximate surface area is 76.3 Å². The zero-order valence-corrected chi connectivity index (χ0v) is 7.58. The van der Waals surface area contributed by atoms with Gasteiger partial charge in [-0.05, 0) is 27.6 Å². The molecule has 6 heteroatoms. The van der Waals surface area contributed by atoms with Crippen molar-refractivity contribution in [1.82, 2.24) is 20.6 Å². The number of furan rings is 1. The fourth-order valence-electron chi connectivity index (χ4n) is 0.878. The van der Waals surface area contributed by atoms with Crippen LogP contribution in [0, 0.1) is 0 Å². The molecule has 0 radical (unpaired) electrons. The van der Waals surface area contributed by atoms with E-state index < -0.39 is 0 Å². The van der Waals surface area contributed by atoms with E-state index in [4.69, 9.17) is 4.42 Å². The molecule has 2 aromatic heterocycles. The second-order valence-electron chi connectivity index (χ2n) is 2.26. The number of nitrogens with zero attached hydrogens (tertiary/aromatic N) is 3. The van der Waals surface area contributed by atoms with Crippen molar-refractivity contribution in [1.29, 1.82) is 0 Å². The Morgan fingerprint density at radius 1 is 1.58 bits per heavy atom. The zero-order chi connectivity index (χ0) is 8.39. The summed E-state index contributed by atoms with van der Waals surface area (Å²) in [5.41, 5.74) is 1.02. The molecule has 0 unspecified atom stereocenters. The van der Waals surface area contributed by atoms with Crippen LogP contribution in [0.3, 0.4) is 0 Å². The number of aromatic amines is 1. The van der Waals surface area contributed by atoms with Crippen LogP contribution in [0.25, 0.3) is 0 Å². The van der Waals surface area contributed by atoms with E-state index in [1.54, 1.807) is 6.26 Å². The normalized spacial score (nSPS) is 10.4. The summed E-state index contributed by atoms with van der Waals surface area (Å²) in [4.78, 5) is 0. The van der Waals surface area contributed by atoms with Crippen molar-refractivity contribution in [2.75, 3.05) is 0 Å². The lowest BCUT2D eigenvalue weighted by molar-refractivity contribution is 0.539. The minimum Gasteiger partial charge on any atom is -0.457 e. The first-order valence-electron chi connectivity index (χ1n) is 3.30. The quantitative estimate of drug-likeness (QED) is 0.838. The molecule has 12 heavy (non-hydrogen) atoms. The summed E-state index contributed by atoms with van der Waals surface area (Å²) in [5.74, 6) is 0.656. The minimum absolute atomic E-state index is 0.631. The highest BCUT2D eigenvalue weighted by molar-refractivity contribution is 9.10. The van der Waals surface area contributed by atoms with Gasteiger partial charge in [0.15, 0.2) is 10.5 Å². The summed E-state index contributed by atoms with van der Waals surface area (Å²) >= 11 is 3.21. The lowest BCUT2D eigenvalue weighted by Crippen LogP contribution is -1.88. The fraction of sp³-hybridized carbons (Fsp3) is 0.167. The molecule has 0 atom stereocenters. The molecule has 0 saturated carbocycles. The summed E-state index contributed by atoms with van der Waals surface area (Å²) in [7, 11) is 0. The Kier molecular flexibility index (Phi) is 1.91. The number of hydrogen-bond donors (Lipinski definition) is 1. The second kappa shape index (κ2) is 3.06. The van der Waals surface area contributed by atoms with E-state index in [0.717, 1.165) is 5.56 Å². The van der Waals surface area contributed by atoms with Crippen LogP contribution in [-0.4, -0.2) is 20.6 Å². The van der Waals surface area contributed by atoms with Gasteiger partial charge in [0.05, 0.1) is 6.26 Å². The second-order valence-corrected chi connectivity index (χ2v) is 3.05. The van der Waals surface area contributed by atoms with Crippen molar-refractivity contribution in [3.63, 3.8) is 0 Å². The third-order valence-electron chi connectivity index (χ3n) is 1.37. The van der Waals surface area contributed by atoms with Crippen molar-refractivity contribution < 1.29 is 4.42 Å². The van der Waals surface area contributed by atoms with Crippen LogP contribution in [0.2, 0.25) is 0 Å². The molecule has 0 aliphatic heterocycles. The average molecular weight is 229 g/mol. The summed E-state index contributed by atoms with van der Waals surface area (Å²) in [6.45, 7) is 0. The molecule has 2 aromatic rings. The van der Waals surface area contributed by atoms with Crippen LogP contribution in [0.5, 0.6) is 0 Å². The SMILES string of the molecule is Brc1cc(Cc2nn[nH]n2)co1. The molecule has 0 aliphatic rings. The molecule has 0 amide bonds. The smallest absolute Gasteiger partial charge is 0.179 e. The molecule has 62 valence electrons. The topological polar surface area (TPSA) is 67.6 Å². The third kappa shape index (κ3) is 1.53. The van der Waals surface area contributed by atoms with Crippen molar-refractivity contribution in [2.45, 2.75) is 6.42 Å². The number of nitrogens with one attached hydrogen (secondary N) is 1. The van der Waals surface area contributed by atoms with E-state index in [1.165, 1.54) is 0 Å². The molecule has 0 aliphatic carbocycles. The van der Waals surface area contributed by atoms with Crippen LogP contribution in [0.1, 0.15) is 11.4 Å². The molecule has 0 fully saturated rings. The van der Waals surface area contributed by atoms with Gasteiger partial charge in [-0.15, -0.1) is 10.2 Å². The summed E-state index contributed by atoms with van der Waals surface area (Å²) in [6, 6.07) is 1.87. The maximum atomic E-state index is 5.04. The minimum atomic E-state index is 0.631. The van der Waals surface area contributed by atoms with E-state index in [2.05, 4.69) is 36.6 Å². The summed E-state index contributed by atoms with van der Waals surface area (Å²) in [5, 5.41) is 13.5. The van der Waals surface area contributed by atoms with Crippen LogP contribution >= 0.6 is 15.9 Å². The van der Waals surface area contributed by atoms with Crippen molar-refractivity contribution in [2.24, 2.45) is 0 Å². The van der Waals surface area contributed by atoms with Gasteiger partial charge in [-0.3, -0.25) is 0 Å². The van der Waals surface area contributed by atoms with Gasteiger partial charge in [-0.25, -0.2) is 0 Å². The number of halogens is 1. The van der Waals surface area contributed by atoms with E-state index in [0.29, 0.717) is 16.9 Å². The lowest BCUT2D eigenvalue weighted by Gasteiger charge is -1.85. The first-order valence-corrected chi connectivity index (χ1v) is 4.09. The van der Waals surface area contributed by atoms with E-state index in [9.17, 15) is 0 Å². The molecule has 1 N–H and O–H groups in total. The van der Waals surface area contributed by atoms with Gasteiger partial charge in [-0.1, -0.05) is 5.21 Å². The standard InChI is InChI=1S/C6H5BrN4O/c7-5-1-4(3-12-5)2-6-8-10-11-9-6/h1,3H,2H2,(H,8,9,10,11). The lowest BCUT2D eigenvalue weighted by atomic mass is 10.2. The number of tetrazole rings is 1. The Hall–Kier alpha value is -1.17. The number of hydrogen-bond acceptors (Lipinski definition) is 4. The molecule has 2 heterocycles. The number of H-pyrrole nitrogens is 1. The molecule has 2 rings (SSSR count). The molecule has 0 bridgehead atoms. The largest absolute Gasteiger partial charge is 0.457 e. The monoisotopic (exact) mass is 228 g/mol. The van der Waals surface area contributed by atoms with Crippen molar-refractivity contribution in [3.05, 3.63) is 28.4 Å². The van der Waals surface area contributed by atoms with Gasteiger partial charge in [-0.2, -0.15) is 5.21 Å². The van der Waals surface area contributed by atoms with Gasteiger partial charge in [0.25, 0.3) is 0 Å². The van der Waals surface area contributed by atoms with Crippen molar-refractivity contribution in [3.8, 4) is 0 Å². The third-order valence-corrected chi connectivity index (χ3v) is 1.79. The first-order chi connectivity index (χ1) is 5.84. The van der Waals surface area contributed by atoms with Gasteiger partial charge < -0.3 is 4.42 Å². The highest BCUT2D eigenvalue weighted by Gasteiger charge is 2.03. The van der Waals surface area contributed by atoms with Gasteiger partial charge in [0.1, 0.15) is 0 Å². The number of aromatic nitrogens is 4. The van der Waals surface area contributed by atoms with E-state index in [1.807, 2.05) is 6.07 Å². The Bertz CT molecular complexity index is 355. The molecule has 0 aromatic carbocycles. The Morgan fingerprint density at radius 2 is 2.50 bits per heavy atom. The fourth-order valence-corrected chi connectivity index (χ4v) is 1.27. The van der Waals surface area contributed by atoms with Crippen LogP contribution < -0.4 is 0 Å².